The van der Waals surface area contributed by atoms with Crippen LogP contribution in [0.4, 0.5) is 0 Å². The fourth-order valence-corrected chi connectivity index (χ4v) is 2.13. The maximum absolute atomic E-state index is 5.19. The normalized spacial score (nSPS) is 12.8. The molecule has 1 rings (SSSR count). The molecule has 17 heavy (non-hydrogen) atoms. The molecule has 0 fully saturated rings. The molecule has 96 valence electrons. The molecular formula is C15H26NO+. The van der Waals surface area contributed by atoms with Gasteiger partial charge < -0.3 is 10.5 Å². The van der Waals surface area contributed by atoms with E-state index in [4.69, 9.17) is 4.74 Å². The summed E-state index contributed by atoms with van der Waals surface area (Å²) in [6.07, 6.45) is 3.73. The van der Waals surface area contributed by atoms with Gasteiger partial charge in [0.1, 0.15) is 5.75 Å². The van der Waals surface area contributed by atoms with Gasteiger partial charge in [0.25, 0.3) is 0 Å². The van der Waals surface area contributed by atoms with E-state index in [0.29, 0.717) is 5.92 Å². The fraction of sp³-hybridized carbons (Fsp3) is 0.600. The zero-order chi connectivity index (χ0) is 12.7. The maximum atomic E-state index is 5.19. The van der Waals surface area contributed by atoms with Crippen LogP contribution in [-0.2, 0) is 0 Å². The van der Waals surface area contributed by atoms with Crippen LogP contribution in [-0.4, -0.2) is 13.7 Å². The molecule has 0 spiro atoms. The van der Waals surface area contributed by atoms with Gasteiger partial charge >= 0.3 is 0 Å². The van der Waals surface area contributed by atoms with Gasteiger partial charge in [-0.15, -0.1) is 0 Å². The number of methoxy groups -OCH3 is 1. The summed E-state index contributed by atoms with van der Waals surface area (Å²) >= 11 is 0. The Kier molecular flexibility index (Phi) is 6.06. The SMILES string of the molecule is COc1ccc([C@H](CC[NH3+])CCC(C)C)cc1. The van der Waals surface area contributed by atoms with Gasteiger partial charge in [-0.1, -0.05) is 32.4 Å². The van der Waals surface area contributed by atoms with Crippen molar-refractivity contribution in [3.8, 4) is 5.75 Å². The molecular weight excluding hydrogens is 210 g/mol. The van der Waals surface area contributed by atoms with Crippen LogP contribution in [0.15, 0.2) is 24.3 Å². The number of quaternary nitrogens is 1. The van der Waals surface area contributed by atoms with Gasteiger partial charge in [-0.05, 0) is 36.0 Å². The summed E-state index contributed by atoms with van der Waals surface area (Å²) in [7, 11) is 1.71. The molecule has 1 aromatic rings. The third kappa shape index (κ3) is 4.78. The highest BCUT2D eigenvalue weighted by atomic mass is 16.5. The van der Waals surface area contributed by atoms with Gasteiger partial charge in [-0.2, -0.15) is 0 Å². The Morgan fingerprint density at radius 3 is 2.18 bits per heavy atom. The highest BCUT2D eigenvalue weighted by Gasteiger charge is 2.12. The molecule has 2 heteroatoms. The molecule has 0 bridgehead atoms. The zero-order valence-electron chi connectivity index (χ0n) is 11.4. The molecule has 0 heterocycles. The highest BCUT2D eigenvalue weighted by Crippen LogP contribution is 2.27. The summed E-state index contributed by atoms with van der Waals surface area (Å²) in [5, 5.41) is 0. The van der Waals surface area contributed by atoms with E-state index in [1.807, 2.05) is 0 Å². The summed E-state index contributed by atoms with van der Waals surface area (Å²) < 4.78 is 5.19. The van der Waals surface area contributed by atoms with Gasteiger partial charge in [-0.3, -0.25) is 0 Å². The minimum Gasteiger partial charge on any atom is -0.497 e. The van der Waals surface area contributed by atoms with E-state index < -0.39 is 0 Å². The van der Waals surface area contributed by atoms with Crippen molar-refractivity contribution in [2.45, 2.75) is 39.0 Å². The Hall–Kier alpha value is -1.02. The summed E-state index contributed by atoms with van der Waals surface area (Å²) in [6, 6.07) is 8.50. The smallest absolute Gasteiger partial charge is 0.118 e. The largest absolute Gasteiger partial charge is 0.497 e. The van der Waals surface area contributed by atoms with Gasteiger partial charge in [0.2, 0.25) is 0 Å². The van der Waals surface area contributed by atoms with E-state index >= 15 is 0 Å². The molecule has 0 aromatic heterocycles. The van der Waals surface area contributed by atoms with Crippen LogP contribution in [0.2, 0.25) is 0 Å². The molecule has 0 aliphatic carbocycles. The number of ether oxygens (including phenoxy) is 1. The summed E-state index contributed by atoms with van der Waals surface area (Å²) in [6.45, 7) is 5.58. The van der Waals surface area contributed by atoms with Gasteiger partial charge in [0.15, 0.2) is 0 Å². The monoisotopic (exact) mass is 236 g/mol. The second-order valence-electron chi connectivity index (χ2n) is 5.08. The Morgan fingerprint density at radius 1 is 1.06 bits per heavy atom. The Balaban J connectivity index is 2.67. The van der Waals surface area contributed by atoms with Crippen molar-refractivity contribution in [1.29, 1.82) is 0 Å². The van der Waals surface area contributed by atoms with E-state index in [1.54, 1.807) is 7.11 Å². The quantitative estimate of drug-likeness (QED) is 0.776. The highest BCUT2D eigenvalue weighted by molar-refractivity contribution is 5.29. The number of rotatable bonds is 7. The predicted molar refractivity (Wildman–Crippen MR) is 72.2 cm³/mol. The number of benzene rings is 1. The summed E-state index contributed by atoms with van der Waals surface area (Å²) in [5.41, 5.74) is 5.41. The minimum atomic E-state index is 0.654. The van der Waals surface area contributed by atoms with Crippen LogP contribution in [0.25, 0.3) is 0 Å². The first-order valence-electron chi connectivity index (χ1n) is 6.60. The van der Waals surface area contributed by atoms with Crippen molar-refractivity contribution in [2.75, 3.05) is 13.7 Å². The van der Waals surface area contributed by atoms with Crippen molar-refractivity contribution < 1.29 is 10.5 Å². The van der Waals surface area contributed by atoms with E-state index in [0.717, 1.165) is 18.2 Å². The molecule has 0 aliphatic rings. The third-order valence-corrected chi connectivity index (χ3v) is 3.23. The molecule has 0 radical (unpaired) electrons. The van der Waals surface area contributed by atoms with E-state index in [9.17, 15) is 0 Å². The first-order chi connectivity index (χ1) is 8.17. The molecule has 1 aromatic carbocycles. The van der Waals surface area contributed by atoms with Gasteiger partial charge in [0.05, 0.1) is 13.7 Å². The maximum Gasteiger partial charge on any atom is 0.118 e. The lowest BCUT2D eigenvalue weighted by molar-refractivity contribution is -0.369. The molecule has 2 nitrogen and oxygen atoms in total. The van der Waals surface area contributed by atoms with Crippen LogP contribution in [0, 0.1) is 5.92 Å². The topological polar surface area (TPSA) is 36.9 Å². The van der Waals surface area contributed by atoms with Crippen molar-refractivity contribution >= 4 is 0 Å². The number of hydrogen-bond donors (Lipinski definition) is 1. The summed E-state index contributed by atoms with van der Waals surface area (Å²) in [5.74, 6) is 2.37. The Labute approximate surface area is 105 Å². The molecule has 0 aliphatic heterocycles. The molecule has 0 amide bonds. The predicted octanol–water partition coefficient (Wildman–Crippen LogP) is 2.85. The second kappa shape index (κ2) is 7.33. The van der Waals surface area contributed by atoms with Crippen LogP contribution in [0.5, 0.6) is 5.75 Å². The van der Waals surface area contributed by atoms with E-state index in [-0.39, 0.29) is 0 Å². The Bertz CT molecular complexity index is 305. The van der Waals surface area contributed by atoms with Gasteiger partial charge in [-0.25, -0.2) is 0 Å². The molecule has 0 saturated heterocycles. The molecule has 0 saturated carbocycles. The van der Waals surface area contributed by atoms with Crippen LogP contribution >= 0.6 is 0 Å². The van der Waals surface area contributed by atoms with Crippen molar-refractivity contribution in [3.63, 3.8) is 0 Å². The van der Waals surface area contributed by atoms with Crippen LogP contribution < -0.4 is 10.5 Å². The second-order valence-corrected chi connectivity index (χ2v) is 5.08. The number of hydrogen-bond acceptors (Lipinski definition) is 1. The van der Waals surface area contributed by atoms with Gasteiger partial charge in [0, 0.05) is 6.42 Å². The third-order valence-electron chi connectivity index (χ3n) is 3.23. The van der Waals surface area contributed by atoms with Crippen molar-refractivity contribution in [2.24, 2.45) is 5.92 Å². The van der Waals surface area contributed by atoms with Crippen molar-refractivity contribution in [3.05, 3.63) is 29.8 Å². The average Bonchev–Trinajstić information content (AvgIpc) is 2.34. The van der Waals surface area contributed by atoms with E-state index in [2.05, 4.69) is 43.8 Å². The standard InChI is InChI=1S/C15H25NO/c1-12(2)4-5-14(10-11-16)13-6-8-15(17-3)9-7-13/h6-9,12,14H,4-5,10-11,16H2,1-3H3/p+1/t14-/m0/s1. The minimum absolute atomic E-state index is 0.654. The molecule has 0 unspecified atom stereocenters. The lowest BCUT2D eigenvalue weighted by atomic mass is 9.89. The fourth-order valence-electron chi connectivity index (χ4n) is 2.13. The molecule has 3 N–H and O–H groups in total. The lowest BCUT2D eigenvalue weighted by Gasteiger charge is -2.17. The Morgan fingerprint density at radius 2 is 1.71 bits per heavy atom. The first kappa shape index (κ1) is 14.0. The average molecular weight is 236 g/mol. The van der Waals surface area contributed by atoms with E-state index in [1.165, 1.54) is 24.8 Å². The summed E-state index contributed by atoms with van der Waals surface area (Å²) in [4.78, 5) is 0. The van der Waals surface area contributed by atoms with Crippen LogP contribution in [0.3, 0.4) is 0 Å². The first-order valence-corrected chi connectivity index (χ1v) is 6.60. The zero-order valence-corrected chi connectivity index (χ0v) is 11.4. The van der Waals surface area contributed by atoms with Crippen molar-refractivity contribution in [1.82, 2.24) is 0 Å². The van der Waals surface area contributed by atoms with Crippen LogP contribution in [0.1, 0.15) is 44.6 Å². The lowest BCUT2D eigenvalue weighted by Crippen LogP contribution is -2.50. The molecule has 1 atom stereocenters.